The van der Waals surface area contributed by atoms with E-state index in [-0.39, 0.29) is 10.6 Å². The van der Waals surface area contributed by atoms with E-state index in [0.29, 0.717) is 23.8 Å². The zero-order chi connectivity index (χ0) is 20.1. The average Bonchev–Trinajstić information content (AvgIpc) is 3.03. The average molecular weight is 411 g/mol. The topological polar surface area (TPSA) is 95.1 Å². The SMILES string of the molecule is CC1NNCC1CCCNc1ccc(S(=O)(=O)Nc2cc(F)cc(F)c2)cn1. The molecule has 152 valence electrons. The highest BCUT2D eigenvalue weighted by atomic mass is 32.2. The monoisotopic (exact) mass is 411 g/mol. The Morgan fingerprint density at radius 3 is 2.57 bits per heavy atom. The molecule has 1 aliphatic rings. The minimum Gasteiger partial charge on any atom is -0.370 e. The molecular weight excluding hydrogens is 388 g/mol. The maximum atomic E-state index is 13.2. The molecule has 0 aliphatic carbocycles. The fourth-order valence-corrected chi connectivity index (χ4v) is 4.03. The third-order valence-corrected chi connectivity index (χ3v) is 5.99. The minimum atomic E-state index is -3.99. The van der Waals surface area contributed by atoms with Gasteiger partial charge in [-0.15, -0.1) is 0 Å². The van der Waals surface area contributed by atoms with E-state index in [0.717, 1.165) is 38.1 Å². The van der Waals surface area contributed by atoms with Gasteiger partial charge in [0.25, 0.3) is 10.0 Å². The van der Waals surface area contributed by atoms with Gasteiger partial charge in [-0.1, -0.05) is 0 Å². The number of pyridine rings is 1. The van der Waals surface area contributed by atoms with Crippen molar-refractivity contribution in [3.8, 4) is 0 Å². The maximum Gasteiger partial charge on any atom is 0.263 e. The van der Waals surface area contributed by atoms with Crippen molar-refractivity contribution in [2.45, 2.75) is 30.7 Å². The molecule has 3 rings (SSSR count). The molecule has 7 nitrogen and oxygen atoms in total. The Morgan fingerprint density at radius 2 is 1.96 bits per heavy atom. The van der Waals surface area contributed by atoms with Crippen LogP contribution in [0.2, 0.25) is 0 Å². The number of anilines is 2. The molecule has 1 aromatic heterocycles. The van der Waals surface area contributed by atoms with Crippen molar-refractivity contribution < 1.29 is 17.2 Å². The molecule has 1 aliphatic heterocycles. The summed E-state index contributed by atoms with van der Waals surface area (Å²) in [7, 11) is -3.99. The van der Waals surface area contributed by atoms with Crippen LogP contribution in [0.15, 0.2) is 41.4 Å². The Hall–Kier alpha value is -2.30. The van der Waals surface area contributed by atoms with Crippen molar-refractivity contribution in [1.82, 2.24) is 15.8 Å². The minimum absolute atomic E-state index is 0.0975. The van der Waals surface area contributed by atoms with Gasteiger partial charge in [-0.2, -0.15) is 0 Å². The van der Waals surface area contributed by atoms with Gasteiger partial charge in [0.1, 0.15) is 22.3 Å². The van der Waals surface area contributed by atoms with E-state index >= 15 is 0 Å². The molecule has 2 aromatic rings. The van der Waals surface area contributed by atoms with Crippen molar-refractivity contribution in [2.75, 3.05) is 23.1 Å². The van der Waals surface area contributed by atoms with Crippen LogP contribution in [0.1, 0.15) is 19.8 Å². The molecular formula is C18H23F2N5O2S. The molecule has 0 spiro atoms. The lowest BCUT2D eigenvalue weighted by Gasteiger charge is -2.13. The predicted octanol–water partition coefficient (Wildman–Crippen LogP) is 2.47. The van der Waals surface area contributed by atoms with E-state index in [9.17, 15) is 17.2 Å². The predicted molar refractivity (Wildman–Crippen MR) is 103 cm³/mol. The number of aromatic nitrogens is 1. The number of halogens is 2. The second kappa shape index (κ2) is 8.80. The van der Waals surface area contributed by atoms with Gasteiger partial charge < -0.3 is 5.32 Å². The summed E-state index contributed by atoms with van der Waals surface area (Å²) in [5.41, 5.74) is 6.13. The first-order valence-corrected chi connectivity index (χ1v) is 10.5. The second-order valence-corrected chi connectivity index (χ2v) is 8.47. The van der Waals surface area contributed by atoms with Crippen LogP contribution in [-0.4, -0.2) is 32.5 Å². The molecule has 0 saturated carbocycles. The van der Waals surface area contributed by atoms with E-state index in [1.807, 2.05) is 0 Å². The molecule has 2 atom stereocenters. The number of benzene rings is 1. The fourth-order valence-electron chi connectivity index (χ4n) is 3.05. The lowest BCUT2D eigenvalue weighted by Crippen LogP contribution is -2.28. The lowest BCUT2D eigenvalue weighted by molar-refractivity contribution is 0.452. The maximum absolute atomic E-state index is 13.2. The lowest BCUT2D eigenvalue weighted by atomic mass is 9.98. The van der Waals surface area contributed by atoms with Gasteiger partial charge in [0, 0.05) is 31.4 Å². The van der Waals surface area contributed by atoms with E-state index in [1.54, 1.807) is 6.07 Å². The summed E-state index contributed by atoms with van der Waals surface area (Å²) in [6.45, 7) is 3.82. The number of hydrazine groups is 1. The fraction of sp³-hybridized carbons (Fsp3) is 0.389. The van der Waals surface area contributed by atoms with Crippen LogP contribution in [0, 0.1) is 17.6 Å². The molecule has 0 radical (unpaired) electrons. The normalized spacial score (nSPS) is 19.5. The first-order valence-electron chi connectivity index (χ1n) is 9.01. The molecule has 0 bridgehead atoms. The quantitative estimate of drug-likeness (QED) is 0.499. The molecule has 2 heterocycles. The number of rotatable bonds is 8. The largest absolute Gasteiger partial charge is 0.370 e. The highest BCUT2D eigenvalue weighted by Gasteiger charge is 2.21. The van der Waals surface area contributed by atoms with Crippen LogP contribution >= 0.6 is 0 Å². The van der Waals surface area contributed by atoms with Crippen LogP contribution in [-0.2, 0) is 10.0 Å². The molecule has 10 heteroatoms. The third kappa shape index (κ3) is 5.37. The summed E-state index contributed by atoms with van der Waals surface area (Å²) >= 11 is 0. The van der Waals surface area contributed by atoms with E-state index in [1.165, 1.54) is 12.3 Å². The molecule has 2 unspecified atom stereocenters. The van der Waals surface area contributed by atoms with Crippen LogP contribution in [0.25, 0.3) is 0 Å². The second-order valence-electron chi connectivity index (χ2n) is 6.79. The van der Waals surface area contributed by atoms with Gasteiger partial charge in [0.2, 0.25) is 0 Å². The summed E-state index contributed by atoms with van der Waals surface area (Å²) in [5.74, 6) is -0.588. The van der Waals surface area contributed by atoms with Gasteiger partial charge in [-0.3, -0.25) is 15.6 Å². The highest BCUT2D eigenvalue weighted by molar-refractivity contribution is 7.92. The summed E-state index contributed by atoms with van der Waals surface area (Å²) in [5, 5.41) is 3.16. The Bertz CT molecular complexity index is 888. The van der Waals surface area contributed by atoms with Crippen molar-refractivity contribution >= 4 is 21.5 Å². The number of sulfonamides is 1. The standard InChI is InChI=1S/C18H23F2N5O2S/c1-12-13(10-23-24-12)3-2-6-21-18-5-4-17(11-22-18)28(26,27)25-16-8-14(19)7-15(20)9-16/h4-5,7-9,11-13,23-25H,2-3,6,10H2,1H3,(H,21,22). The molecule has 1 aromatic carbocycles. The summed E-state index contributed by atoms with van der Waals surface area (Å²) in [6.07, 6.45) is 3.23. The number of nitrogens with zero attached hydrogens (tertiary/aromatic N) is 1. The van der Waals surface area contributed by atoms with Gasteiger partial charge >= 0.3 is 0 Å². The molecule has 4 N–H and O–H groups in total. The van der Waals surface area contributed by atoms with E-state index in [2.05, 4.69) is 32.8 Å². The zero-order valence-electron chi connectivity index (χ0n) is 15.4. The zero-order valence-corrected chi connectivity index (χ0v) is 16.2. The molecule has 1 fully saturated rings. The van der Waals surface area contributed by atoms with E-state index < -0.39 is 21.7 Å². The van der Waals surface area contributed by atoms with Gasteiger partial charge in [0.15, 0.2) is 0 Å². The summed E-state index contributed by atoms with van der Waals surface area (Å²) < 4.78 is 53.3. The first kappa shape index (κ1) is 20.4. The molecule has 1 saturated heterocycles. The van der Waals surface area contributed by atoms with Gasteiger partial charge in [0.05, 0.1) is 5.69 Å². The van der Waals surface area contributed by atoms with Crippen LogP contribution in [0.4, 0.5) is 20.3 Å². The van der Waals surface area contributed by atoms with Crippen molar-refractivity contribution in [2.24, 2.45) is 5.92 Å². The van der Waals surface area contributed by atoms with E-state index in [4.69, 9.17) is 0 Å². The van der Waals surface area contributed by atoms with Crippen molar-refractivity contribution in [3.63, 3.8) is 0 Å². The summed E-state index contributed by atoms with van der Waals surface area (Å²) in [4.78, 5) is 4.01. The number of hydrogen-bond donors (Lipinski definition) is 4. The Balaban J connectivity index is 1.54. The molecule has 28 heavy (non-hydrogen) atoms. The van der Waals surface area contributed by atoms with Crippen LogP contribution in [0.3, 0.4) is 0 Å². The third-order valence-electron chi connectivity index (χ3n) is 4.62. The van der Waals surface area contributed by atoms with Crippen molar-refractivity contribution in [1.29, 1.82) is 0 Å². The van der Waals surface area contributed by atoms with Gasteiger partial charge in [-0.25, -0.2) is 22.2 Å². The Kier molecular flexibility index (Phi) is 6.42. The number of hydrogen-bond acceptors (Lipinski definition) is 6. The Labute approximate surface area is 163 Å². The van der Waals surface area contributed by atoms with Crippen molar-refractivity contribution in [3.05, 3.63) is 48.2 Å². The van der Waals surface area contributed by atoms with Crippen LogP contribution < -0.4 is 20.9 Å². The number of nitrogens with one attached hydrogen (secondary N) is 4. The summed E-state index contributed by atoms with van der Waals surface area (Å²) in [6, 6.07) is 5.87. The van der Waals surface area contributed by atoms with Gasteiger partial charge in [-0.05, 0) is 49.9 Å². The smallest absolute Gasteiger partial charge is 0.263 e. The first-order chi connectivity index (χ1) is 13.3. The highest BCUT2D eigenvalue weighted by Crippen LogP contribution is 2.19. The van der Waals surface area contributed by atoms with Crippen LogP contribution in [0.5, 0.6) is 0 Å². The Morgan fingerprint density at radius 1 is 1.21 bits per heavy atom. The molecule has 0 amide bonds.